The fraction of sp³-hybridized carbons (Fsp3) is 0.231. The summed E-state index contributed by atoms with van der Waals surface area (Å²) in [7, 11) is 0. The van der Waals surface area contributed by atoms with Crippen LogP contribution in [0.2, 0.25) is 0 Å². The van der Waals surface area contributed by atoms with Gasteiger partial charge in [0, 0.05) is 23.2 Å². The predicted octanol–water partition coefficient (Wildman–Crippen LogP) is 4.46. The molecule has 3 aromatic carbocycles. The van der Waals surface area contributed by atoms with Crippen LogP contribution in [0.3, 0.4) is 0 Å². The minimum absolute atomic E-state index is 0.00511. The third kappa shape index (κ3) is 3.33. The first kappa shape index (κ1) is 18.8. The minimum Gasteiger partial charge on any atom is -0.350 e. The lowest BCUT2D eigenvalue weighted by Gasteiger charge is -2.28. The van der Waals surface area contributed by atoms with E-state index in [1.807, 2.05) is 54.6 Å². The molecule has 1 amide bonds. The molecule has 0 saturated carbocycles. The molecule has 5 rings (SSSR count). The monoisotopic (exact) mass is 396 g/mol. The van der Waals surface area contributed by atoms with Gasteiger partial charge in [-0.05, 0) is 54.8 Å². The first-order valence-corrected chi connectivity index (χ1v) is 10.6. The number of hydrogen-bond acceptors (Lipinski definition) is 3. The number of carbonyl (C=O) groups excluding carboxylic acids is 2. The topological polar surface area (TPSA) is 49.4 Å². The summed E-state index contributed by atoms with van der Waals surface area (Å²) in [5.41, 5.74) is 4.93. The summed E-state index contributed by atoms with van der Waals surface area (Å²) >= 11 is 0. The Balaban J connectivity index is 1.35. The molecule has 1 aliphatic heterocycles. The number of carbonyl (C=O) groups is 2. The van der Waals surface area contributed by atoms with E-state index in [-0.39, 0.29) is 17.7 Å². The summed E-state index contributed by atoms with van der Waals surface area (Å²) in [6.07, 6.45) is 2.40. The number of rotatable bonds is 5. The van der Waals surface area contributed by atoms with Gasteiger partial charge in [-0.15, -0.1) is 0 Å². The fourth-order valence-corrected chi connectivity index (χ4v) is 4.65. The van der Waals surface area contributed by atoms with Crippen molar-refractivity contribution in [1.82, 2.24) is 10.2 Å². The number of fused-ring (bicyclic) bond motifs is 3. The van der Waals surface area contributed by atoms with Crippen molar-refractivity contribution in [3.05, 3.63) is 95.1 Å². The number of hydrogen-bond donors (Lipinski definition) is 1. The fourth-order valence-electron chi connectivity index (χ4n) is 4.65. The summed E-state index contributed by atoms with van der Waals surface area (Å²) in [5, 5.41) is 3.11. The highest BCUT2D eigenvalue weighted by Gasteiger charge is 2.28. The van der Waals surface area contributed by atoms with Gasteiger partial charge in [0.1, 0.15) is 0 Å². The van der Waals surface area contributed by atoms with E-state index in [1.165, 1.54) is 18.4 Å². The third-order valence-corrected chi connectivity index (χ3v) is 6.21. The molecule has 0 spiro atoms. The van der Waals surface area contributed by atoms with Gasteiger partial charge in [-0.25, -0.2) is 0 Å². The van der Waals surface area contributed by atoms with E-state index in [4.69, 9.17) is 0 Å². The SMILES string of the molecule is O=C(NCC(c1ccccc1)N1CCCC1)c1ccc2c(c1)C(=O)c1ccccc1-2. The first-order valence-electron chi connectivity index (χ1n) is 10.6. The van der Waals surface area contributed by atoms with Crippen LogP contribution in [-0.2, 0) is 0 Å². The second-order valence-electron chi connectivity index (χ2n) is 8.01. The summed E-state index contributed by atoms with van der Waals surface area (Å²) in [5.74, 6) is -0.142. The van der Waals surface area contributed by atoms with Gasteiger partial charge in [0.25, 0.3) is 5.91 Å². The van der Waals surface area contributed by atoms with Gasteiger partial charge in [0.15, 0.2) is 5.78 Å². The van der Waals surface area contributed by atoms with E-state index in [9.17, 15) is 9.59 Å². The van der Waals surface area contributed by atoms with Gasteiger partial charge < -0.3 is 5.32 Å². The molecule has 1 N–H and O–H groups in total. The molecule has 4 nitrogen and oxygen atoms in total. The maximum absolute atomic E-state index is 12.9. The van der Waals surface area contributed by atoms with Gasteiger partial charge in [-0.3, -0.25) is 14.5 Å². The molecule has 4 heteroatoms. The Hall–Kier alpha value is -3.24. The maximum atomic E-state index is 12.9. The molecular weight excluding hydrogens is 372 g/mol. The Morgan fingerprint density at radius 1 is 0.833 bits per heavy atom. The van der Waals surface area contributed by atoms with Gasteiger partial charge in [0.2, 0.25) is 0 Å². The highest BCUT2D eigenvalue weighted by atomic mass is 16.1. The Kier molecular flexibility index (Phi) is 4.93. The number of likely N-dealkylation sites (tertiary alicyclic amines) is 1. The van der Waals surface area contributed by atoms with Gasteiger partial charge >= 0.3 is 0 Å². The highest BCUT2D eigenvalue weighted by molar-refractivity contribution is 6.22. The molecule has 30 heavy (non-hydrogen) atoms. The zero-order chi connectivity index (χ0) is 20.5. The predicted molar refractivity (Wildman–Crippen MR) is 118 cm³/mol. The molecule has 1 atom stereocenters. The smallest absolute Gasteiger partial charge is 0.251 e. The van der Waals surface area contributed by atoms with E-state index in [0.717, 1.165) is 24.2 Å². The Bertz CT molecular complexity index is 1100. The van der Waals surface area contributed by atoms with Gasteiger partial charge in [-0.1, -0.05) is 60.7 Å². The molecule has 2 aliphatic rings. The number of ketones is 1. The zero-order valence-corrected chi connectivity index (χ0v) is 16.8. The first-order chi connectivity index (χ1) is 14.7. The lowest BCUT2D eigenvalue weighted by atomic mass is 10.0. The highest BCUT2D eigenvalue weighted by Crippen LogP contribution is 2.36. The molecule has 1 saturated heterocycles. The van der Waals surface area contributed by atoms with Crippen LogP contribution in [0.4, 0.5) is 0 Å². The van der Waals surface area contributed by atoms with E-state index in [1.54, 1.807) is 6.07 Å². The Morgan fingerprint density at radius 2 is 1.50 bits per heavy atom. The van der Waals surface area contributed by atoms with E-state index in [2.05, 4.69) is 22.3 Å². The average Bonchev–Trinajstić information content (AvgIpc) is 3.42. The number of benzene rings is 3. The molecule has 0 aromatic heterocycles. The summed E-state index contributed by atoms with van der Waals surface area (Å²) in [6, 6.07) is 23.6. The van der Waals surface area contributed by atoms with Crippen molar-refractivity contribution < 1.29 is 9.59 Å². The number of amides is 1. The van der Waals surface area contributed by atoms with E-state index < -0.39 is 0 Å². The molecular formula is C26H24N2O2. The summed E-state index contributed by atoms with van der Waals surface area (Å²) in [4.78, 5) is 28.1. The average molecular weight is 396 g/mol. The van der Waals surface area contributed by atoms with Gasteiger partial charge in [0.05, 0.1) is 6.04 Å². The van der Waals surface area contributed by atoms with Crippen LogP contribution in [0, 0.1) is 0 Å². The Morgan fingerprint density at radius 3 is 2.27 bits per heavy atom. The summed E-state index contributed by atoms with van der Waals surface area (Å²) < 4.78 is 0. The standard InChI is InChI=1S/C26H24N2O2/c29-25-22-11-5-4-10-20(22)21-13-12-19(16-23(21)25)26(30)27-17-24(28-14-6-7-15-28)18-8-2-1-3-9-18/h1-5,8-13,16,24H,6-7,14-15,17H2,(H,27,30). The van der Waals surface area contributed by atoms with Crippen molar-refractivity contribution in [3.8, 4) is 11.1 Å². The van der Waals surface area contributed by atoms with Crippen LogP contribution >= 0.6 is 0 Å². The van der Waals surface area contributed by atoms with E-state index >= 15 is 0 Å². The molecule has 150 valence electrons. The minimum atomic E-state index is -0.137. The number of nitrogens with zero attached hydrogens (tertiary/aromatic N) is 1. The summed E-state index contributed by atoms with van der Waals surface area (Å²) in [6.45, 7) is 2.66. The molecule has 0 radical (unpaired) electrons. The van der Waals surface area contributed by atoms with Crippen LogP contribution in [-0.4, -0.2) is 36.2 Å². The molecule has 3 aromatic rings. The molecule has 1 unspecified atom stereocenters. The van der Waals surface area contributed by atoms with E-state index in [0.29, 0.717) is 23.2 Å². The third-order valence-electron chi connectivity index (χ3n) is 6.21. The van der Waals surface area contributed by atoms with Crippen LogP contribution in [0.15, 0.2) is 72.8 Å². The largest absolute Gasteiger partial charge is 0.350 e. The normalized spacial score (nSPS) is 16.2. The maximum Gasteiger partial charge on any atom is 0.251 e. The number of nitrogens with one attached hydrogen (secondary N) is 1. The van der Waals surface area contributed by atoms with Crippen LogP contribution < -0.4 is 5.32 Å². The van der Waals surface area contributed by atoms with Crippen molar-refractivity contribution in [3.63, 3.8) is 0 Å². The van der Waals surface area contributed by atoms with Crippen molar-refractivity contribution in [2.75, 3.05) is 19.6 Å². The van der Waals surface area contributed by atoms with Crippen molar-refractivity contribution in [1.29, 1.82) is 0 Å². The second-order valence-corrected chi connectivity index (χ2v) is 8.01. The molecule has 1 aliphatic carbocycles. The molecule has 1 fully saturated rings. The van der Waals surface area contributed by atoms with Crippen molar-refractivity contribution >= 4 is 11.7 Å². The zero-order valence-electron chi connectivity index (χ0n) is 16.8. The molecule has 0 bridgehead atoms. The lowest BCUT2D eigenvalue weighted by Crippen LogP contribution is -2.36. The Labute approximate surface area is 176 Å². The van der Waals surface area contributed by atoms with Crippen LogP contribution in [0.1, 0.15) is 50.7 Å². The van der Waals surface area contributed by atoms with Crippen molar-refractivity contribution in [2.24, 2.45) is 0 Å². The molecule has 1 heterocycles. The van der Waals surface area contributed by atoms with Crippen molar-refractivity contribution in [2.45, 2.75) is 18.9 Å². The van der Waals surface area contributed by atoms with Crippen LogP contribution in [0.25, 0.3) is 11.1 Å². The second kappa shape index (κ2) is 7.88. The quantitative estimate of drug-likeness (QED) is 0.542. The van der Waals surface area contributed by atoms with Gasteiger partial charge in [-0.2, -0.15) is 0 Å². The van der Waals surface area contributed by atoms with Crippen LogP contribution in [0.5, 0.6) is 0 Å². The lowest BCUT2D eigenvalue weighted by molar-refractivity contribution is 0.0938.